The maximum absolute atomic E-state index is 12.1. The first kappa shape index (κ1) is 14.1. The van der Waals surface area contributed by atoms with Crippen molar-refractivity contribution in [3.05, 3.63) is 29.8 Å². The highest BCUT2D eigenvalue weighted by Crippen LogP contribution is 2.32. The first-order valence-corrected chi connectivity index (χ1v) is 7.81. The Bertz CT molecular complexity index is 551. The average molecular weight is 286 g/mol. The van der Waals surface area contributed by atoms with Gasteiger partial charge in [0.1, 0.15) is 0 Å². The van der Waals surface area contributed by atoms with Gasteiger partial charge in [0, 0.05) is 24.1 Å². The van der Waals surface area contributed by atoms with Gasteiger partial charge in [-0.3, -0.25) is 9.59 Å². The Morgan fingerprint density at radius 2 is 2.14 bits per heavy atom. The van der Waals surface area contributed by atoms with Gasteiger partial charge in [-0.05, 0) is 50.2 Å². The second-order valence-corrected chi connectivity index (χ2v) is 6.28. The highest BCUT2D eigenvalue weighted by Gasteiger charge is 2.30. The maximum Gasteiger partial charge on any atom is 0.227 e. The molecule has 0 aromatic heterocycles. The van der Waals surface area contributed by atoms with E-state index in [2.05, 4.69) is 17.6 Å². The Balaban J connectivity index is 1.51. The first-order chi connectivity index (χ1) is 10.1. The van der Waals surface area contributed by atoms with Gasteiger partial charge < -0.3 is 10.6 Å². The molecule has 1 fully saturated rings. The second kappa shape index (κ2) is 5.88. The van der Waals surface area contributed by atoms with Crippen LogP contribution >= 0.6 is 0 Å². The van der Waals surface area contributed by atoms with E-state index >= 15 is 0 Å². The number of carbonyl (C=O) groups excluding carboxylic acids is 2. The van der Waals surface area contributed by atoms with E-state index in [9.17, 15) is 9.59 Å². The van der Waals surface area contributed by atoms with Gasteiger partial charge in [-0.25, -0.2) is 0 Å². The standard InChI is InChI=1S/C17H22N2O2/c1-11(12-6-7-12)18-16(20)9-8-14-10-13-4-2-3-5-15(13)19-17(14)21/h2-5,11-12,14H,6-10H2,1H3,(H,18,20)(H,19,21)/t11-,14-/m0/s1. The molecule has 0 spiro atoms. The molecule has 0 saturated heterocycles. The summed E-state index contributed by atoms with van der Waals surface area (Å²) < 4.78 is 0. The van der Waals surface area contributed by atoms with Crippen LogP contribution in [0.5, 0.6) is 0 Å². The molecule has 2 N–H and O–H groups in total. The normalized spacial score (nSPS) is 22.1. The number of hydrogen-bond donors (Lipinski definition) is 2. The highest BCUT2D eigenvalue weighted by molar-refractivity contribution is 5.96. The maximum atomic E-state index is 12.1. The van der Waals surface area contributed by atoms with Crippen LogP contribution in [0.15, 0.2) is 24.3 Å². The number of fused-ring (bicyclic) bond motifs is 1. The number of nitrogens with one attached hydrogen (secondary N) is 2. The molecule has 4 nitrogen and oxygen atoms in total. The predicted molar refractivity (Wildman–Crippen MR) is 81.8 cm³/mol. The largest absolute Gasteiger partial charge is 0.353 e. The van der Waals surface area contributed by atoms with Crippen LogP contribution in [0.25, 0.3) is 0 Å². The summed E-state index contributed by atoms with van der Waals surface area (Å²) in [7, 11) is 0. The SMILES string of the molecule is C[C@H](NC(=O)CC[C@H]1Cc2ccccc2NC1=O)C1CC1. The molecular weight excluding hydrogens is 264 g/mol. The molecule has 0 bridgehead atoms. The summed E-state index contributed by atoms with van der Waals surface area (Å²) in [5.41, 5.74) is 2.07. The fourth-order valence-electron chi connectivity index (χ4n) is 2.99. The van der Waals surface area contributed by atoms with Crippen LogP contribution in [-0.2, 0) is 16.0 Å². The molecule has 4 heteroatoms. The summed E-state index contributed by atoms with van der Waals surface area (Å²) in [4.78, 5) is 24.0. The molecule has 0 unspecified atom stereocenters. The lowest BCUT2D eigenvalue weighted by Crippen LogP contribution is -2.35. The molecule has 21 heavy (non-hydrogen) atoms. The molecular formula is C17H22N2O2. The van der Waals surface area contributed by atoms with Crippen molar-refractivity contribution >= 4 is 17.5 Å². The van der Waals surface area contributed by atoms with E-state index < -0.39 is 0 Å². The lowest BCUT2D eigenvalue weighted by atomic mass is 9.89. The summed E-state index contributed by atoms with van der Waals surface area (Å²) >= 11 is 0. The molecule has 2 aliphatic rings. The molecule has 1 aromatic carbocycles. The van der Waals surface area contributed by atoms with Crippen molar-refractivity contribution in [2.75, 3.05) is 5.32 Å². The smallest absolute Gasteiger partial charge is 0.227 e. The zero-order valence-corrected chi connectivity index (χ0v) is 12.4. The van der Waals surface area contributed by atoms with Crippen molar-refractivity contribution in [3.63, 3.8) is 0 Å². The summed E-state index contributed by atoms with van der Waals surface area (Å²) in [6.45, 7) is 2.07. The third-order valence-electron chi connectivity index (χ3n) is 4.55. The summed E-state index contributed by atoms with van der Waals surface area (Å²) in [6.07, 6.45) is 4.22. The van der Waals surface area contributed by atoms with Crippen LogP contribution in [0.3, 0.4) is 0 Å². The molecule has 3 rings (SSSR count). The minimum absolute atomic E-state index is 0.0386. The lowest BCUT2D eigenvalue weighted by Gasteiger charge is -2.24. The number of para-hydroxylation sites is 1. The summed E-state index contributed by atoms with van der Waals surface area (Å²) in [5.74, 6) is 0.679. The Morgan fingerprint density at radius 1 is 1.38 bits per heavy atom. The number of hydrogen-bond acceptors (Lipinski definition) is 2. The van der Waals surface area contributed by atoms with Crippen molar-refractivity contribution in [3.8, 4) is 0 Å². The van der Waals surface area contributed by atoms with Crippen molar-refractivity contribution < 1.29 is 9.59 Å². The fraction of sp³-hybridized carbons (Fsp3) is 0.529. The molecule has 2 amide bonds. The van der Waals surface area contributed by atoms with Crippen LogP contribution in [-0.4, -0.2) is 17.9 Å². The van der Waals surface area contributed by atoms with Gasteiger partial charge in [0.25, 0.3) is 0 Å². The van der Waals surface area contributed by atoms with Gasteiger partial charge in [0.05, 0.1) is 0 Å². The number of amides is 2. The van der Waals surface area contributed by atoms with Crippen LogP contribution in [0, 0.1) is 11.8 Å². The molecule has 2 atom stereocenters. The van der Waals surface area contributed by atoms with Crippen molar-refractivity contribution in [2.45, 2.75) is 45.1 Å². The van der Waals surface area contributed by atoms with Crippen molar-refractivity contribution in [2.24, 2.45) is 11.8 Å². The molecule has 1 aromatic rings. The molecule has 0 radical (unpaired) electrons. The van der Waals surface area contributed by atoms with E-state index in [1.807, 2.05) is 24.3 Å². The average Bonchev–Trinajstić information content (AvgIpc) is 3.29. The van der Waals surface area contributed by atoms with E-state index in [0.717, 1.165) is 17.7 Å². The number of anilines is 1. The second-order valence-electron chi connectivity index (χ2n) is 6.28. The zero-order valence-electron chi connectivity index (χ0n) is 12.4. The Labute approximate surface area is 125 Å². The third kappa shape index (κ3) is 3.43. The molecule has 1 heterocycles. The number of benzene rings is 1. The first-order valence-electron chi connectivity index (χ1n) is 7.81. The van der Waals surface area contributed by atoms with Gasteiger partial charge in [0.15, 0.2) is 0 Å². The lowest BCUT2D eigenvalue weighted by molar-refractivity contribution is -0.123. The molecule has 1 aliphatic carbocycles. The Morgan fingerprint density at radius 3 is 2.90 bits per heavy atom. The van der Waals surface area contributed by atoms with E-state index in [1.165, 1.54) is 12.8 Å². The van der Waals surface area contributed by atoms with Crippen molar-refractivity contribution in [1.82, 2.24) is 5.32 Å². The minimum atomic E-state index is -0.0955. The quantitative estimate of drug-likeness (QED) is 0.873. The van der Waals surface area contributed by atoms with E-state index in [0.29, 0.717) is 18.8 Å². The highest BCUT2D eigenvalue weighted by atomic mass is 16.2. The molecule has 1 saturated carbocycles. The van der Waals surface area contributed by atoms with Gasteiger partial charge in [-0.1, -0.05) is 18.2 Å². The fourth-order valence-corrected chi connectivity index (χ4v) is 2.99. The van der Waals surface area contributed by atoms with Crippen molar-refractivity contribution in [1.29, 1.82) is 0 Å². The van der Waals surface area contributed by atoms with Crippen LogP contribution < -0.4 is 10.6 Å². The molecule has 1 aliphatic heterocycles. The van der Waals surface area contributed by atoms with E-state index in [4.69, 9.17) is 0 Å². The van der Waals surface area contributed by atoms with Gasteiger partial charge in [-0.15, -0.1) is 0 Å². The monoisotopic (exact) mass is 286 g/mol. The zero-order chi connectivity index (χ0) is 14.8. The Hall–Kier alpha value is -1.84. The predicted octanol–water partition coefficient (Wildman–Crippen LogP) is 2.49. The topological polar surface area (TPSA) is 58.2 Å². The molecule has 112 valence electrons. The number of carbonyl (C=O) groups is 2. The third-order valence-corrected chi connectivity index (χ3v) is 4.55. The van der Waals surface area contributed by atoms with Gasteiger partial charge in [-0.2, -0.15) is 0 Å². The van der Waals surface area contributed by atoms with Crippen LogP contribution in [0.2, 0.25) is 0 Å². The van der Waals surface area contributed by atoms with E-state index in [-0.39, 0.29) is 23.8 Å². The summed E-state index contributed by atoms with van der Waals surface area (Å²) in [5, 5.41) is 5.98. The Kier molecular flexibility index (Phi) is 3.95. The summed E-state index contributed by atoms with van der Waals surface area (Å²) in [6, 6.07) is 8.15. The van der Waals surface area contributed by atoms with Crippen LogP contribution in [0.1, 0.15) is 38.2 Å². The number of rotatable bonds is 5. The van der Waals surface area contributed by atoms with E-state index in [1.54, 1.807) is 0 Å². The van der Waals surface area contributed by atoms with Gasteiger partial charge in [0.2, 0.25) is 11.8 Å². The van der Waals surface area contributed by atoms with Crippen LogP contribution in [0.4, 0.5) is 5.69 Å². The minimum Gasteiger partial charge on any atom is -0.353 e. The van der Waals surface area contributed by atoms with Gasteiger partial charge >= 0.3 is 0 Å².